The van der Waals surface area contributed by atoms with Crippen LogP contribution in [-0.2, 0) is 4.79 Å². The molecular formula is C22H26FN3OS2. The van der Waals surface area contributed by atoms with E-state index >= 15 is 0 Å². The summed E-state index contributed by atoms with van der Waals surface area (Å²) < 4.78 is 14.8. The van der Waals surface area contributed by atoms with Crippen LogP contribution in [0.25, 0.3) is 10.2 Å². The lowest BCUT2D eigenvalue weighted by Gasteiger charge is -2.21. The zero-order valence-corrected chi connectivity index (χ0v) is 18.7. The van der Waals surface area contributed by atoms with Gasteiger partial charge in [0.1, 0.15) is 11.3 Å². The van der Waals surface area contributed by atoms with Gasteiger partial charge in [-0.1, -0.05) is 35.1 Å². The van der Waals surface area contributed by atoms with Gasteiger partial charge in [-0.25, -0.2) is 9.37 Å². The summed E-state index contributed by atoms with van der Waals surface area (Å²) in [6.45, 7) is 3.51. The van der Waals surface area contributed by atoms with Crippen molar-refractivity contribution in [2.75, 3.05) is 37.8 Å². The Labute approximate surface area is 179 Å². The zero-order valence-electron chi connectivity index (χ0n) is 17.0. The molecule has 2 aromatic carbocycles. The molecule has 29 heavy (non-hydrogen) atoms. The second kappa shape index (κ2) is 10.2. The van der Waals surface area contributed by atoms with Crippen LogP contribution in [-0.4, -0.2) is 48.7 Å². The van der Waals surface area contributed by atoms with Crippen molar-refractivity contribution in [3.05, 3.63) is 53.8 Å². The molecule has 1 heterocycles. The van der Waals surface area contributed by atoms with Gasteiger partial charge in [0.2, 0.25) is 5.91 Å². The average molecular weight is 432 g/mol. The Balaban J connectivity index is 1.70. The van der Waals surface area contributed by atoms with Gasteiger partial charge in [0.15, 0.2) is 5.13 Å². The third-order valence-electron chi connectivity index (χ3n) is 4.48. The van der Waals surface area contributed by atoms with Crippen LogP contribution in [0.2, 0.25) is 0 Å². The van der Waals surface area contributed by atoms with Crippen molar-refractivity contribution in [2.24, 2.45) is 0 Å². The first kappa shape index (κ1) is 21.7. The molecule has 1 aromatic heterocycles. The molecule has 0 atom stereocenters. The molecule has 3 aromatic rings. The molecule has 0 aliphatic carbocycles. The lowest BCUT2D eigenvalue weighted by Crippen LogP contribution is -2.33. The summed E-state index contributed by atoms with van der Waals surface area (Å²) in [5, 5.41) is 0.578. The SMILES string of the molecule is Cc1ccc(SCCC(=O)N(CCCN(C)C)c2nc3c(F)cccc3s2)cc1. The lowest BCUT2D eigenvalue weighted by atomic mass is 10.2. The van der Waals surface area contributed by atoms with Crippen molar-refractivity contribution in [2.45, 2.75) is 24.7 Å². The number of hydrogen-bond donors (Lipinski definition) is 0. The van der Waals surface area contributed by atoms with Gasteiger partial charge >= 0.3 is 0 Å². The number of aryl methyl sites for hydroxylation is 1. The average Bonchev–Trinajstić information content (AvgIpc) is 3.12. The number of benzene rings is 2. The minimum absolute atomic E-state index is 0.0304. The van der Waals surface area contributed by atoms with Gasteiger partial charge in [0.25, 0.3) is 0 Å². The minimum Gasteiger partial charge on any atom is -0.309 e. The van der Waals surface area contributed by atoms with E-state index in [4.69, 9.17) is 0 Å². The van der Waals surface area contributed by atoms with Crippen LogP contribution >= 0.6 is 23.1 Å². The maximum Gasteiger partial charge on any atom is 0.229 e. The van der Waals surface area contributed by atoms with Gasteiger partial charge in [-0.3, -0.25) is 9.69 Å². The molecule has 0 radical (unpaired) electrons. The number of carbonyl (C=O) groups is 1. The Morgan fingerprint density at radius 2 is 1.90 bits per heavy atom. The van der Waals surface area contributed by atoms with E-state index in [1.807, 2.05) is 20.2 Å². The van der Waals surface area contributed by atoms with Crippen molar-refractivity contribution < 1.29 is 9.18 Å². The first-order chi connectivity index (χ1) is 13.9. The van der Waals surface area contributed by atoms with Crippen LogP contribution in [0.3, 0.4) is 0 Å². The summed E-state index contributed by atoms with van der Waals surface area (Å²) in [6, 6.07) is 13.2. The Kier molecular flexibility index (Phi) is 7.64. The Bertz CT molecular complexity index is 956. The molecule has 1 amide bonds. The molecule has 0 saturated heterocycles. The van der Waals surface area contributed by atoms with E-state index in [2.05, 4.69) is 41.1 Å². The molecule has 0 saturated carbocycles. The highest BCUT2D eigenvalue weighted by Gasteiger charge is 2.20. The molecule has 0 spiro atoms. The number of nitrogens with zero attached hydrogens (tertiary/aromatic N) is 3. The number of thiazole rings is 1. The molecule has 0 aliphatic rings. The van der Waals surface area contributed by atoms with Gasteiger partial charge in [-0.2, -0.15) is 0 Å². The molecular weight excluding hydrogens is 405 g/mol. The number of amides is 1. The fourth-order valence-corrected chi connectivity index (χ4v) is 4.78. The van der Waals surface area contributed by atoms with Crippen molar-refractivity contribution in [3.63, 3.8) is 0 Å². The molecule has 0 bridgehead atoms. The highest BCUT2D eigenvalue weighted by molar-refractivity contribution is 7.99. The number of fused-ring (bicyclic) bond motifs is 1. The van der Waals surface area contributed by atoms with Gasteiger partial charge < -0.3 is 4.90 Å². The number of para-hydroxylation sites is 1. The van der Waals surface area contributed by atoms with E-state index in [1.54, 1.807) is 22.7 Å². The normalized spacial score (nSPS) is 11.3. The van der Waals surface area contributed by atoms with Crippen molar-refractivity contribution in [3.8, 4) is 0 Å². The number of anilines is 1. The van der Waals surface area contributed by atoms with E-state index in [0.717, 1.165) is 22.6 Å². The van der Waals surface area contributed by atoms with E-state index < -0.39 is 0 Å². The fourth-order valence-electron chi connectivity index (χ4n) is 2.92. The van der Waals surface area contributed by atoms with Gasteiger partial charge in [-0.15, -0.1) is 11.8 Å². The maximum absolute atomic E-state index is 14.1. The number of rotatable bonds is 9. The smallest absolute Gasteiger partial charge is 0.229 e. The largest absolute Gasteiger partial charge is 0.309 e. The van der Waals surface area contributed by atoms with Crippen molar-refractivity contribution >= 4 is 44.4 Å². The van der Waals surface area contributed by atoms with Crippen LogP contribution in [0.1, 0.15) is 18.4 Å². The minimum atomic E-state index is -0.347. The van der Waals surface area contributed by atoms with E-state index in [9.17, 15) is 9.18 Å². The Hall–Kier alpha value is -1.96. The van der Waals surface area contributed by atoms with Gasteiger partial charge in [0.05, 0.1) is 4.70 Å². The highest BCUT2D eigenvalue weighted by Crippen LogP contribution is 2.31. The topological polar surface area (TPSA) is 36.4 Å². The zero-order chi connectivity index (χ0) is 20.8. The summed E-state index contributed by atoms with van der Waals surface area (Å²) >= 11 is 3.05. The molecule has 0 N–H and O–H groups in total. The van der Waals surface area contributed by atoms with Crippen molar-refractivity contribution in [1.82, 2.24) is 9.88 Å². The molecule has 0 unspecified atom stereocenters. The Morgan fingerprint density at radius 3 is 2.59 bits per heavy atom. The van der Waals surface area contributed by atoms with Gasteiger partial charge in [-0.05, 0) is 58.3 Å². The quantitative estimate of drug-likeness (QED) is 0.436. The second-order valence-electron chi connectivity index (χ2n) is 7.20. The second-order valence-corrected chi connectivity index (χ2v) is 9.37. The summed E-state index contributed by atoms with van der Waals surface area (Å²) in [7, 11) is 4.02. The first-order valence-corrected chi connectivity index (χ1v) is 11.4. The molecule has 0 aliphatic heterocycles. The maximum atomic E-state index is 14.1. The monoisotopic (exact) mass is 431 g/mol. The predicted molar refractivity (Wildman–Crippen MR) is 122 cm³/mol. The van der Waals surface area contributed by atoms with Crippen LogP contribution in [0.4, 0.5) is 9.52 Å². The molecule has 4 nitrogen and oxygen atoms in total. The third-order valence-corrected chi connectivity index (χ3v) is 6.54. The van der Waals surface area contributed by atoms with E-state index in [0.29, 0.717) is 29.4 Å². The molecule has 154 valence electrons. The lowest BCUT2D eigenvalue weighted by molar-refractivity contribution is -0.118. The van der Waals surface area contributed by atoms with Crippen molar-refractivity contribution in [1.29, 1.82) is 0 Å². The standard InChI is InChI=1S/C22H26FN3OS2/c1-16-8-10-17(11-9-16)28-15-12-20(27)26(14-5-13-25(2)3)22-24-21-18(23)6-4-7-19(21)29-22/h4,6-11H,5,12-15H2,1-3H3. The van der Waals surface area contributed by atoms with E-state index in [-0.39, 0.29) is 11.7 Å². The molecule has 0 fully saturated rings. The predicted octanol–water partition coefficient (Wildman–Crippen LogP) is 5.21. The highest BCUT2D eigenvalue weighted by atomic mass is 32.2. The summed E-state index contributed by atoms with van der Waals surface area (Å²) in [4.78, 5) is 22.4. The number of carbonyl (C=O) groups excluding carboxylic acids is 1. The number of aromatic nitrogens is 1. The fraction of sp³-hybridized carbons (Fsp3) is 0.364. The van der Waals surface area contributed by atoms with Gasteiger partial charge in [0, 0.05) is 23.6 Å². The Morgan fingerprint density at radius 1 is 1.14 bits per heavy atom. The summed E-state index contributed by atoms with van der Waals surface area (Å²) in [6.07, 6.45) is 1.25. The number of hydrogen-bond acceptors (Lipinski definition) is 5. The summed E-state index contributed by atoms with van der Waals surface area (Å²) in [5.74, 6) is 0.383. The first-order valence-electron chi connectivity index (χ1n) is 9.63. The third kappa shape index (κ3) is 6.01. The summed E-state index contributed by atoms with van der Waals surface area (Å²) in [5.41, 5.74) is 1.56. The molecule has 7 heteroatoms. The molecule has 3 rings (SSSR count). The van der Waals surface area contributed by atoms with Crippen LogP contribution in [0.5, 0.6) is 0 Å². The van der Waals surface area contributed by atoms with Crippen LogP contribution < -0.4 is 4.90 Å². The van der Waals surface area contributed by atoms with Crippen LogP contribution in [0.15, 0.2) is 47.4 Å². The number of halogens is 1. The van der Waals surface area contributed by atoms with E-state index in [1.165, 1.54) is 23.0 Å². The van der Waals surface area contributed by atoms with Crippen LogP contribution in [0, 0.1) is 12.7 Å². The number of thioether (sulfide) groups is 1.